The molecule has 0 spiro atoms. The largest absolute Gasteiger partial charge is 0.245 e. The number of hydrogen-bond acceptors (Lipinski definition) is 5. The van der Waals surface area contributed by atoms with Crippen LogP contribution in [0.4, 0.5) is 0 Å². The molecular formula is C8H8BrN5S. The zero-order chi connectivity index (χ0) is 10.8. The maximum Gasteiger partial charge on any atom is 0.215 e. The van der Waals surface area contributed by atoms with Gasteiger partial charge in [0.15, 0.2) is 0 Å². The molecule has 0 atom stereocenters. The van der Waals surface area contributed by atoms with Gasteiger partial charge in [0, 0.05) is 11.5 Å². The van der Waals surface area contributed by atoms with Crippen molar-refractivity contribution in [2.75, 3.05) is 0 Å². The average molecular weight is 286 g/mol. The van der Waals surface area contributed by atoms with Crippen molar-refractivity contribution >= 4 is 27.7 Å². The van der Waals surface area contributed by atoms with E-state index < -0.39 is 0 Å². The van der Waals surface area contributed by atoms with E-state index in [0.29, 0.717) is 0 Å². The maximum absolute atomic E-state index is 4.40. The van der Waals surface area contributed by atoms with Gasteiger partial charge in [-0.2, -0.15) is 0 Å². The molecule has 0 radical (unpaired) electrons. The first-order chi connectivity index (χ1) is 7.16. The van der Waals surface area contributed by atoms with Crippen LogP contribution in [0.25, 0.3) is 0 Å². The van der Waals surface area contributed by atoms with Crippen LogP contribution in [0.2, 0.25) is 0 Å². The van der Waals surface area contributed by atoms with Crippen LogP contribution in [0.1, 0.15) is 5.69 Å². The van der Waals surface area contributed by atoms with E-state index in [4.69, 9.17) is 0 Å². The summed E-state index contributed by atoms with van der Waals surface area (Å²) in [5, 5.41) is 12.8. The van der Waals surface area contributed by atoms with Crippen molar-refractivity contribution < 1.29 is 0 Å². The molecule has 0 aliphatic heterocycles. The van der Waals surface area contributed by atoms with E-state index in [1.165, 1.54) is 11.8 Å². The molecule has 0 fully saturated rings. The Kier molecular flexibility index (Phi) is 3.01. The number of hydrogen-bond donors (Lipinski definition) is 0. The molecule has 78 valence electrons. The van der Waals surface area contributed by atoms with Crippen molar-refractivity contribution in [2.24, 2.45) is 7.05 Å². The Bertz CT molecular complexity index is 484. The van der Waals surface area contributed by atoms with Crippen LogP contribution < -0.4 is 0 Å². The third kappa shape index (κ3) is 2.35. The summed E-state index contributed by atoms with van der Waals surface area (Å²) >= 11 is 4.84. The molecule has 0 saturated heterocycles. The van der Waals surface area contributed by atoms with Gasteiger partial charge in [-0.25, -0.2) is 9.67 Å². The number of halogens is 1. The molecule has 5 nitrogen and oxygen atoms in total. The van der Waals surface area contributed by atoms with Gasteiger partial charge < -0.3 is 0 Å². The molecule has 0 N–H and O–H groups in total. The van der Waals surface area contributed by atoms with Crippen LogP contribution in [0.15, 0.2) is 26.8 Å². The van der Waals surface area contributed by atoms with Crippen LogP contribution >= 0.6 is 27.7 Å². The molecule has 0 saturated carbocycles. The quantitative estimate of drug-likeness (QED) is 0.843. The number of nitrogens with zero attached hydrogens (tertiary/aromatic N) is 5. The zero-order valence-electron chi connectivity index (χ0n) is 8.18. The lowest BCUT2D eigenvalue weighted by atomic mass is 10.4. The van der Waals surface area contributed by atoms with Gasteiger partial charge in [0.1, 0.15) is 5.03 Å². The van der Waals surface area contributed by atoms with Crippen molar-refractivity contribution in [3.8, 4) is 0 Å². The van der Waals surface area contributed by atoms with Crippen molar-refractivity contribution in [3.63, 3.8) is 0 Å². The van der Waals surface area contributed by atoms with Gasteiger partial charge in [-0.05, 0) is 57.2 Å². The second-order valence-electron chi connectivity index (χ2n) is 2.90. The molecule has 0 unspecified atom stereocenters. The van der Waals surface area contributed by atoms with E-state index in [0.717, 1.165) is 20.3 Å². The zero-order valence-corrected chi connectivity index (χ0v) is 10.6. The first-order valence-corrected chi connectivity index (χ1v) is 5.81. The summed E-state index contributed by atoms with van der Waals surface area (Å²) in [4.78, 5) is 4.40. The molecule has 7 heteroatoms. The Morgan fingerprint density at radius 1 is 1.40 bits per heavy atom. The second-order valence-corrected chi connectivity index (χ2v) is 4.75. The van der Waals surface area contributed by atoms with E-state index in [9.17, 15) is 0 Å². The standard InChI is InChI=1S/C8H8BrN5S/c1-5-6(9)3-4-7(10-5)15-8-11-12-13-14(8)2/h3-4H,1-2H3. The van der Waals surface area contributed by atoms with Gasteiger partial charge >= 0.3 is 0 Å². The monoisotopic (exact) mass is 285 g/mol. The Morgan fingerprint density at radius 2 is 2.20 bits per heavy atom. The summed E-state index contributed by atoms with van der Waals surface area (Å²) in [6, 6.07) is 3.89. The van der Waals surface area contributed by atoms with Crippen molar-refractivity contribution in [1.82, 2.24) is 25.2 Å². The third-order valence-corrected chi connectivity index (χ3v) is 3.58. The molecule has 2 rings (SSSR count). The summed E-state index contributed by atoms with van der Waals surface area (Å²) in [5.41, 5.74) is 0.954. The molecule has 2 heterocycles. The van der Waals surface area contributed by atoms with Crippen molar-refractivity contribution in [2.45, 2.75) is 17.1 Å². The fraction of sp³-hybridized carbons (Fsp3) is 0.250. The second kappa shape index (κ2) is 4.28. The third-order valence-electron chi connectivity index (χ3n) is 1.77. The minimum atomic E-state index is 0.726. The van der Waals surface area contributed by atoms with E-state index in [1.807, 2.05) is 19.1 Å². The summed E-state index contributed by atoms with van der Waals surface area (Å²) in [6.45, 7) is 1.95. The van der Waals surface area contributed by atoms with Crippen LogP contribution in [-0.2, 0) is 7.05 Å². The highest BCUT2D eigenvalue weighted by atomic mass is 79.9. The van der Waals surface area contributed by atoms with Crippen LogP contribution in [0, 0.1) is 6.92 Å². The molecule has 2 aromatic heterocycles. The summed E-state index contributed by atoms with van der Waals surface area (Å²) in [7, 11) is 1.80. The fourth-order valence-electron chi connectivity index (χ4n) is 0.979. The fourth-order valence-corrected chi connectivity index (χ4v) is 1.95. The highest BCUT2D eigenvalue weighted by molar-refractivity contribution is 9.10. The van der Waals surface area contributed by atoms with Gasteiger partial charge in [-0.15, -0.1) is 5.10 Å². The SMILES string of the molecule is Cc1nc(Sc2nnnn2C)ccc1Br. The number of aromatic nitrogens is 5. The lowest BCUT2D eigenvalue weighted by molar-refractivity contribution is 0.664. The highest BCUT2D eigenvalue weighted by Crippen LogP contribution is 2.25. The van der Waals surface area contributed by atoms with Crippen LogP contribution in [0.5, 0.6) is 0 Å². The van der Waals surface area contributed by atoms with Crippen LogP contribution in [0.3, 0.4) is 0 Å². The highest BCUT2D eigenvalue weighted by Gasteiger charge is 2.06. The Hall–Kier alpha value is -0.950. The van der Waals surface area contributed by atoms with Gasteiger partial charge in [0.05, 0.1) is 5.69 Å². The average Bonchev–Trinajstić information content (AvgIpc) is 2.59. The molecule has 0 bridgehead atoms. The molecule has 0 amide bonds. The van der Waals surface area contributed by atoms with Crippen LogP contribution in [-0.4, -0.2) is 25.2 Å². The molecule has 2 aromatic rings. The lowest BCUT2D eigenvalue weighted by Crippen LogP contribution is -1.94. The molecule has 0 aliphatic carbocycles. The number of rotatable bonds is 2. The van der Waals surface area contributed by atoms with Gasteiger partial charge in [-0.3, -0.25) is 0 Å². The van der Waals surface area contributed by atoms with E-state index in [-0.39, 0.29) is 0 Å². The van der Waals surface area contributed by atoms with Gasteiger partial charge in [-0.1, -0.05) is 0 Å². The normalized spacial score (nSPS) is 10.6. The lowest BCUT2D eigenvalue weighted by Gasteiger charge is -2.01. The number of aryl methyl sites for hydroxylation is 2. The smallest absolute Gasteiger partial charge is 0.215 e. The van der Waals surface area contributed by atoms with E-state index in [1.54, 1.807) is 11.7 Å². The maximum atomic E-state index is 4.40. The molecule has 0 aliphatic rings. The van der Waals surface area contributed by atoms with E-state index >= 15 is 0 Å². The van der Waals surface area contributed by atoms with E-state index in [2.05, 4.69) is 36.4 Å². The van der Waals surface area contributed by atoms with Gasteiger partial charge in [0.2, 0.25) is 5.16 Å². The summed E-state index contributed by atoms with van der Waals surface area (Å²) in [6.07, 6.45) is 0. The summed E-state index contributed by atoms with van der Waals surface area (Å²) < 4.78 is 2.62. The Balaban J connectivity index is 2.25. The Labute approximate surface area is 99.4 Å². The molecular weight excluding hydrogens is 278 g/mol. The minimum absolute atomic E-state index is 0.726. The number of pyridine rings is 1. The first kappa shape index (κ1) is 10.6. The van der Waals surface area contributed by atoms with Crippen molar-refractivity contribution in [1.29, 1.82) is 0 Å². The minimum Gasteiger partial charge on any atom is -0.245 e. The predicted molar refractivity (Wildman–Crippen MR) is 59.6 cm³/mol. The molecule has 15 heavy (non-hydrogen) atoms. The molecule has 0 aromatic carbocycles. The van der Waals surface area contributed by atoms with Gasteiger partial charge in [0.25, 0.3) is 0 Å². The first-order valence-electron chi connectivity index (χ1n) is 4.20. The summed E-state index contributed by atoms with van der Waals surface area (Å²) in [5.74, 6) is 0. The number of tetrazole rings is 1. The topological polar surface area (TPSA) is 56.5 Å². The van der Waals surface area contributed by atoms with Crippen molar-refractivity contribution in [3.05, 3.63) is 22.3 Å². The Morgan fingerprint density at radius 3 is 2.80 bits per heavy atom. The predicted octanol–water partition coefficient (Wildman–Crippen LogP) is 1.83.